The molecule has 1 aliphatic heterocycles. The van der Waals surface area contributed by atoms with Gasteiger partial charge in [0, 0.05) is 37.8 Å². The second-order valence-electron chi connectivity index (χ2n) is 5.52. The highest BCUT2D eigenvalue weighted by Crippen LogP contribution is 2.22. The van der Waals surface area contributed by atoms with E-state index in [2.05, 4.69) is 32.3 Å². The third-order valence-electron chi connectivity index (χ3n) is 3.29. The highest BCUT2D eigenvalue weighted by molar-refractivity contribution is 5.87. The first-order valence-electron chi connectivity index (χ1n) is 6.19. The standard InChI is InChI=1S/C13H24N2O2/c1-5-12(17)14-7-8-15(13(2,3)4)11(10-14)6-9-16/h5,11,16H,1,6-10H2,2-4H3. The van der Waals surface area contributed by atoms with Crippen molar-refractivity contribution in [2.75, 3.05) is 26.2 Å². The topological polar surface area (TPSA) is 43.8 Å². The Kier molecular flexibility index (Phi) is 4.71. The molecule has 1 fully saturated rings. The van der Waals surface area contributed by atoms with Gasteiger partial charge in [0.25, 0.3) is 0 Å². The van der Waals surface area contributed by atoms with Crippen molar-refractivity contribution in [3.05, 3.63) is 12.7 Å². The zero-order chi connectivity index (χ0) is 13.1. The Bertz CT molecular complexity index is 284. The molecule has 1 atom stereocenters. The van der Waals surface area contributed by atoms with Crippen LogP contribution in [0.3, 0.4) is 0 Å². The normalized spacial score (nSPS) is 22.6. The van der Waals surface area contributed by atoms with Gasteiger partial charge in [0.15, 0.2) is 0 Å². The van der Waals surface area contributed by atoms with Gasteiger partial charge in [-0.3, -0.25) is 9.69 Å². The lowest BCUT2D eigenvalue weighted by molar-refractivity contribution is -0.130. The monoisotopic (exact) mass is 240 g/mol. The Morgan fingerprint density at radius 1 is 1.47 bits per heavy atom. The number of nitrogens with zero attached hydrogens (tertiary/aromatic N) is 2. The summed E-state index contributed by atoms with van der Waals surface area (Å²) >= 11 is 0. The van der Waals surface area contributed by atoms with Crippen molar-refractivity contribution < 1.29 is 9.90 Å². The minimum atomic E-state index is -0.0125. The lowest BCUT2D eigenvalue weighted by atomic mass is 9.98. The van der Waals surface area contributed by atoms with E-state index in [0.29, 0.717) is 13.0 Å². The first-order valence-corrected chi connectivity index (χ1v) is 6.19. The average Bonchev–Trinajstić information content (AvgIpc) is 2.27. The first-order chi connectivity index (χ1) is 7.90. The molecule has 1 heterocycles. The zero-order valence-corrected chi connectivity index (χ0v) is 11.1. The van der Waals surface area contributed by atoms with Crippen molar-refractivity contribution >= 4 is 5.91 Å². The smallest absolute Gasteiger partial charge is 0.246 e. The van der Waals surface area contributed by atoms with E-state index in [1.807, 2.05) is 4.90 Å². The van der Waals surface area contributed by atoms with Gasteiger partial charge in [-0.1, -0.05) is 6.58 Å². The summed E-state index contributed by atoms with van der Waals surface area (Å²) in [4.78, 5) is 15.8. The van der Waals surface area contributed by atoms with Crippen LogP contribution in [0.1, 0.15) is 27.2 Å². The van der Waals surface area contributed by atoms with E-state index in [4.69, 9.17) is 5.11 Å². The van der Waals surface area contributed by atoms with Gasteiger partial charge in [-0.2, -0.15) is 0 Å². The lowest BCUT2D eigenvalue weighted by Crippen LogP contribution is -2.60. The summed E-state index contributed by atoms with van der Waals surface area (Å²) in [5, 5.41) is 9.13. The molecule has 0 aromatic rings. The number of rotatable bonds is 3. The van der Waals surface area contributed by atoms with Crippen LogP contribution in [-0.2, 0) is 4.79 Å². The molecular weight excluding hydrogens is 216 g/mol. The van der Waals surface area contributed by atoms with Gasteiger partial charge < -0.3 is 10.0 Å². The van der Waals surface area contributed by atoms with Crippen molar-refractivity contribution in [3.8, 4) is 0 Å². The molecule has 1 amide bonds. The molecule has 0 aliphatic carbocycles. The summed E-state index contributed by atoms with van der Waals surface area (Å²) in [7, 11) is 0. The SMILES string of the molecule is C=CC(=O)N1CCN(C(C)(C)C)C(CCO)C1. The van der Waals surface area contributed by atoms with Crippen LogP contribution >= 0.6 is 0 Å². The summed E-state index contributed by atoms with van der Waals surface area (Å²) in [5.74, 6) is -0.0125. The van der Waals surface area contributed by atoms with Crippen molar-refractivity contribution in [1.82, 2.24) is 9.80 Å². The quantitative estimate of drug-likeness (QED) is 0.744. The number of hydrogen-bond donors (Lipinski definition) is 1. The fraction of sp³-hybridized carbons (Fsp3) is 0.769. The third kappa shape index (κ3) is 3.54. The van der Waals surface area contributed by atoms with E-state index in [0.717, 1.165) is 13.1 Å². The van der Waals surface area contributed by atoms with E-state index in [1.54, 1.807) is 0 Å². The largest absolute Gasteiger partial charge is 0.396 e. The van der Waals surface area contributed by atoms with Gasteiger partial charge in [0.05, 0.1) is 0 Å². The Labute approximate surface area is 104 Å². The van der Waals surface area contributed by atoms with Gasteiger partial charge >= 0.3 is 0 Å². The fourth-order valence-corrected chi connectivity index (χ4v) is 2.46. The van der Waals surface area contributed by atoms with Crippen molar-refractivity contribution in [1.29, 1.82) is 0 Å². The number of carbonyl (C=O) groups is 1. The summed E-state index contributed by atoms with van der Waals surface area (Å²) in [6, 6.07) is 0.234. The molecular formula is C13H24N2O2. The zero-order valence-electron chi connectivity index (χ0n) is 11.1. The first kappa shape index (κ1) is 14.2. The van der Waals surface area contributed by atoms with Crippen LogP contribution in [0.4, 0.5) is 0 Å². The molecule has 0 saturated carbocycles. The van der Waals surface area contributed by atoms with E-state index in [9.17, 15) is 4.79 Å². The molecule has 17 heavy (non-hydrogen) atoms. The summed E-state index contributed by atoms with van der Waals surface area (Å²) < 4.78 is 0. The maximum Gasteiger partial charge on any atom is 0.246 e. The molecule has 0 bridgehead atoms. The number of amides is 1. The van der Waals surface area contributed by atoms with Gasteiger partial charge in [0.1, 0.15) is 0 Å². The van der Waals surface area contributed by atoms with Crippen molar-refractivity contribution in [2.45, 2.75) is 38.8 Å². The molecule has 4 heteroatoms. The van der Waals surface area contributed by atoms with E-state index in [-0.39, 0.29) is 24.1 Å². The number of aliphatic hydroxyl groups is 1. The summed E-state index contributed by atoms with van der Waals surface area (Å²) in [5.41, 5.74) is 0.0726. The van der Waals surface area contributed by atoms with Gasteiger partial charge in [0.2, 0.25) is 5.91 Å². The number of piperazine rings is 1. The summed E-state index contributed by atoms with van der Waals surface area (Å²) in [6.07, 6.45) is 2.07. The second kappa shape index (κ2) is 5.65. The fourth-order valence-electron chi connectivity index (χ4n) is 2.46. The molecule has 0 aromatic carbocycles. The van der Waals surface area contributed by atoms with Crippen LogP contribution in [0.2, 0.25) is 0 Å². The highest BCUT2D eigenvalue weighted by Gasteiger charge is 2.34. The van der Waals surface area contributed by atoms with Crippen LogP contribution in [-0.4, -0.2) is 58.6 Å². The van der Waals surface area contributed by atoms with Crippen LogP contribution in [0, 0.1) is 0 Å². The van der Waals surface area contributed by atoms with Gasteiger partial charge in [-0.15, -0.1) is 0 Å². The maximum absolute atomic E-state index is 11.6. The van der Waals surface area contributed by atoms with E-state index in [1.165, 1.54) is 6.08 Å². The molecule has 1 rings (SSSR count). The van der Waals surface area contributed by atoms with E-state index >= 15 is 0 Å². The summed E-state index contributed by atoms with van der Waals surface area (Å²) in [6.45, 7) is 12.5. The van der Waals surface area contributed by atoms with Gasteiger partial charge in [-0.25, -0.2) is 0 Å². The molecule has 1 aliphatic rings. The molecule has 4 nitrogen and oxygen atoms in total. The van der Waals surface area contributed by atoms with Crippen LogP contribution < -0.4 is 0 Å². The number of carbonyl (C=O) groups excluding carboxylic acids is 1. The lowest BCUT2D eigenvalue weighted by Gasteiger charge is -2.47. The molecule has 1 saturated heterocycles. The number of aliphatic hydroxyl groups excluding tert-OH is 1. The number of hydrogen-bond acceptors (Lipinski definition) is 3. The van der Waals surface area contributed by atoms with Crippen molar-refractivity contribution in [2.24, 2.45) is 0 Å². The molecule has 0 radical (unpaired) electrons. The minimum absolute atomic E-state index is 0.0125. The molecule has 0 spiro atoms. The Hall–Kier alpha value is -0.870. The Morgan fingerprint density at radius 3 is 2.59 bits per heavy atom. The van der Waals surface area contributed by atoms with Crippen molar-refractivity contribution in [3.63, 3.8) is 0 Å². The van der Waals surface area contributed by atoms with Crippen LogP contribution in [0.25, 0.3) is 0 Å². The van der Waals surface area contributed by atoms with Gasteiger partial charge in [-0.05, 0) is 33.3 Å². The van der Waals surface area contributed by atoms with Crippen LogP contribution in [0.15, 0.2) is 12.7 Å². The predicted octanol–water partition coefficient (Wildman–Crippen LogP) is 0.866. The predicted molar refractivity (Wildman–Crippen MR) is 68.7 cm³/mol. The minimum Gasteiger partial charge on any atom is -0.396 e. The molecule has 98 valence electrons. The highest BCUT2D eigenvalue weighted by atomic mass is 16.3. The molecule has 0 aromatic heterocycles. The molecule has 1 unspecified atom stereocenters. The molecule has 1 N–H and O–H groups in total. The second-order valence-corrected chi connectivity index (χ2v) is 5.52. The van der Waals surface area contributed by atoms with E-state index < -0.39 is 0 Å². The Morgan fingerprint density at radius 2 is 2.12 bits per heavy atom. The van der Waals surface area contributed by atoms with Crippen LogP contribution in [0.5, 0.6) is 0 Å². The Balaban J connectivity index is 2.74. The third-order valence-corrected chi connectivity index (χ3v) is 3.29. The maximum atomic E-state index is 11.6. The average molecular weight is 240 g/mol.